The molecule has 1 rings (SSSR count). The highest BCUT2D eigenvalue weighted by Crippen LogP contribution is 2.10. The maximum Gasteiger partial charge on any atom is 0.335 e. The normalized spacial score (nSPS) is 10.5. The lowest BCUT2D eigenvalue weighted by Crippen LogP contribution is -1.99. The average Bonchev–Trinajstić information content (AvgIpc) is 2.37. The molecule has 1 aromatic carbocycles. The molecule has 0 spiro atoms. The largest absolute Gasteiger partial charge is 0.335 e. The number of hydrogen-bond donors (Lipinski definition) is 0. The van der Waals surface area contributed by atoms with Crippen molar-refractivity contribution in [3.63, 3.8) is 0 Å². The molecule has 1 aromatic rings. The van der Waals surface area contributed by atoms with Crippen molar-refractivity contribution in [2.24, 2.45) is 5.16 Å². The van der Waals surface area contributed by atoms with Gasteiger partial charge < -0.3 is 4.84 Å². The Morgan fingerprint density at radius 1 is 1.44 bits per heavy atom. The Hall–Kier alpha value is -2.24. The monoisotopic (exact) mass is 250 g/mol. The van der Waals surface area contributed by atoms with E-state index in [1.165, 1.54) is 30.5 Å². The molecule has 0 aliphatic heterocycles. The fraction of sp³-hybridized carbons (Fsp3) is 0.333. The summed E-state index contributed by atoms with van der Waals surface area (Å²) in [5.74, 6) is -0.380. The molecule has 0 radical (unpaired) electrons. The first-order valence-corrected chi connectivity index (χ1v) is 5.61. The Morgan fingerprint density at radius 3 is 2.67 bits per heavy atom. The van der Waals surface area contributed by atoms with E-state index in [2.05, 4.69) is 9.99 Å². The van der Waals surface area contributed by atoms with E-state index in [9.17, 15) is 14.9 Å². The van der Waals surface area contributed by atoms with Crippen LogP contribution in [0.3, 0.4) is 0 Å². The van der Waals surface area contributed by atoms with Crippen LogP contribution in [-0.2, 0) is 9.63 Å². The van der Waals surface area contributed by atoms with Crippen molar-refractivity contribution < 1.29 is 14.6 Å². The minimum Gasteiger partial charge on any atom is -0.318 e. The summed E-state index contributed by atoms with van der Waals surface area (Å²) >= 11 is 0. The zero-order valence-electron chi connectivity index (χ0n) is 10.0. The van der Waals surface area contributed by atoms with Crippen LogP contribution in [0, 0.1) is 10.1 Å². The molecular weight excluding hydrogens is 236 g/mol. The van der Waals surface area contributed by atoms with Gasteiger partial charge in [-0.15, -0.1) is 0 Å². The molecule has 0 fully saturated rings. The lowest BCUT2D eigenvalue weighted by molar-refractivity contribution is -0.384. The summed E-state index contributed by atoms with van der Waals surface area (Å²) in [6.45, 7) is 1.98. The van der Waals surface area contributed by atoms with E-state index in [1.54, 1.807) is 0 Å². The second-order valence-electron chi connectivity index (χ2n) is 3.65. The number of nitro benzene ring substituents is 1. The van der Waals surface area contributed by atoms with Gasteiger partial charge in [0.2, 0.25) is 0 Å². The molecule has 0 heterocycles. The van der Waals surface area contributed by atoms with Crippen LogP contribution in [-0.4, -0.2) is 17.1 Å². The molecule has 0 aliphatic carbocycles. The number of carbonyl (C=O) groups is 1. The van der Waals surface area contributed by atoms with Gasteiger partial charge >= 0.3 is 5.97 Å². The lowest BCUT2D eigenvalue weighted by atomic mass is 10.2. The SMILES string of the molecule is CCCCC(=O)O/N=C/c1ccc([N+](=O)[O-])cc1. The van der Waals surface area contributed by atoms with Crippen molar-refractivity contribution in [3.8, 4) is 0 Å². The van der Waals surface area contributed by atoms with E-state index in [-0.39, 0.29) is 11.7 Å². The van der Waals surface area contributed by atoms with E-state index in [0.29, 0.717) is 12.0 Å². The summed E-state index contributed by atoms with van der Waals surface area (Å²) in [6.07, 6.45) is 3.37. The Kier molecular flexibility index (Phi) is 5.50. The van der Waals surface area contributed by atoms with Crippen LogP contribution in [0.5, 0.6) is 0 Å². The van der Waals surface area contributed by atoms with Gasteiger partial charge in [0.1, 0.15) is 0 Å². The number of nitro groups is 1. The van der Waals surface area contributed by atoms with Gasteiger partial charge in [-0.2, -0.15) is 0 Å². The third-order valence-corrected chi connectivity index (χ3v) is 2.19. The fourth-order valence-electron chi connectivity index (χ4n) is 1.19. The number of unbranched alkanes of at least 4 members (excludes halogenated alkanes) is 1. The predicted octanol–water partition coefficient (Wildman–Crippen LogP) is 2.66. The van der Waals surface area contributed by atoms with E-state index in [4.69, 9.17) is 0 Å². The molecule has 18 heavy (non-hydrogen) atoms. The molecule has 0 atom stereocenters. The number of non-ortho nitro benzene ring substituents is 1. The van der Waals surface area contributed by atoms with Crippen LogP contribution in [0.2, 0.25) is 0 Å². The second-order valence-corrected chi connectivity index (χ2v) is 3.65. The van der Waals surface area contributed by atoms with Gasteiger partial charge in [0.05, 0.1) is 11.1 Å². The zero-order valence-corrected chi connectivity index (χ0v) is 10.0. The number of hydrogen-bond acceptors (Lipinski definition) is 5. The van der Waals surface area contributed by atoms with Crippen LogP contribution in [0.25, 0.3) is 0 Å². The standard InChI is InChI=1S/C12H14N2O4/c1-2-3-4-12(15)18-13-9-10-5-7-11(8-6-10)14(16)17/h5-9H,2-4H2,1H3/b13-9+. The van der Waals surface area contributed by atoms with Crippen LogP contribution in [0.4, 0.5) is 5.69 Å². The first kappa shape index (κ1) is 13.8. The molecule has 0 unspecified atom stereocenters. The lowest BCUT2D eigenvalue weighted by Gasteiger charge is -1.96. The van der Waals surface area contributed by atoms with Crippen molar-refractivity contribution in [2.45, 2.75) is 26.2 Å². The van der Waals surface area contributed by atoms with Crippen LogP contribution >= 0.6 is 0 Å². The number of benzene rings is 1. The van der Waals surface area contributed by atoms with Crippen LogP contribution in [0.1, 0.15) is 31.7 Å². The highest BCUT2D eigenvalue weighted by molar-refractivity contribution is 5.80. The van der Waals surface area contributed by atoms with Gasteiger partial charge in [0.25, 0.3) is 5.69 Å². The Labute approximate surface area is 104 Å². The Morgan fingerprint density at radius 2 is 2.11 bits per heavy atom. The summed E-state index contributed by atoms with van der Waals surface area (Å²) < 4.78 is 0. The molecule has 0 aromatic heterocycles. The van der Waals surface area contributed by atoms with Gasteiger partial charge in [-0.3, -0.25) is 10.1 Å². The van der Waals surface area contributed by atoms with Crippen LogP contribution in [0.15, 0.2) is 29.4 Å². The summed E-state index contributed by atoms with van der Waals surface area (Å²) in [4.78, 5) is 25.7. The smallest absolute Gasteiger partial charge is 0.318 e. The third kappa shape index (κ3) is 4.73. The minimum absolute atomic E-state index is 0.00657. The maximum atomic E-state index is 11.1. The third-order valence-electron chi connectivity index (χ3n) is 2.19. The van der Waals surface area contributed by atoms with E-state index in [1.807, 2.05) is 6.92 Å². The van der Waals surface area contributed by atoms with Crippen molar-refractivity contribution in [3.05, 3.63) is 39.9 Å². The number of rotatable bonds is 6. The molecule has 0 N–H and O–H groups in total. The first-order chi connectivity index (χ1) is 8.63. The highest BCUT2D eigenvalue weighted by atomic mass is 16.7. The van der Waals surface area contributed by atoms with Crippen molar-refractivity contribution >= 4 is 17.9 Å². The molecular formula is C12H14N2O4. The Bertz CT molecular complexity index is 440. The maximum absolute atomic E-state index is 11.1. The number of carbonyl (C=O) groups excluding carboxylic acids is 1. The first-order valence-electron chi connectivity index (χ1n) is 5.61. The molecule has 6 heteroatoms. The Balaban J connectivity index is 2.47. The van der Waals surface area contributed by atoms with Gasteiger partial charge in [0.15, 0.2) is 0 Å². The van der Waals surface area contributed by atoms with E-state index >= 15 is 0 Å². The summed E-state index contributed by atoms with van der Waals surface area (Å²) in [5.41, 5.74) is 0.635. The number of oxime groups is 1. The highest BCUT2D eigenvalue weighted by Gasteiger charge is 2.03. The molecule has 0 amide bonds. The second kappa shape index (κ2) is 7.16. The van der Waals surface area contributed by atoms with E-state index < -0.39 is 4.92 Å². The fourth-order valence-corrected chi connectivity index (χ4v) is 1.19. The average molecular weight is 250 g/mol. The van der Waals surface area contributed by atoms with Crippen molar-refractivity contribution in [1.29, 1.82) is 0 Å². The van der Waals surface area contributed by atoms with E-state index in [0.717, 1.165) is 12.8 Å². The predicted molar refractivity (Wildman–Crippen MR) is 66.3 cm³/mol. The van der Waals surface area contributed by atoms with Gasteiger partial charge in [-0.1, -0.05) is 18.5 Å². The number of nitrogens with zero attached hydrogens (tertiary/aromatic N) is 2. The molecule has 0 saturated heterocycles. The topological polar surface area (TPSA) is 81.8 Å². The van der Waals surface area contributed by atoms with Gasteiger partial charge in [-0.05, 0) is 24.1 Å². The summed E-state index contributed by atoms with van der Waals surface area (Å²) in [6, 6.07) is 5.78. The zero-order chi connectivity index (χ0) is 13.4. The van der Waals surface area contributed by atoms with Gasteiger partial charge in [0, 0.05) is 18.6 Å². The molecule has 96 valence electrons. The minimum atomic E-state index is -0.480. The summed E-state index contributed by atoms with van der Waals surface area (Å²) in [7, 11) is 0. The van der Waals surface area contributed by atoms with Crippen LogP contribution < -0.4 is 0 Å². The van der Waals surface area contributed by atoms with Crippen molar-refractivity contribution in [2.75, 3.05) is 0 Å². The quantitative estimate of drug-likeness (QED) is 0.336. The molecule has 6 nitrogen and oxygen atoms in total. The molecule has 0 aliphatic rings. The van der Waals surface area contributed by atoms with Gasteiger partial charge in [-0.25, -0.2) is 4.79 Å². The molecule has 0 bridgehead atoms. The van der Waals surface area contributed by atoms with Crippen molar-refractivity contribution in [1.82, 2.24) is 0 Å². The summed E-state index contributed by atoms with van der Waals surface area (Å²) in [5, 5.41) is 13.9. The molecule has 0 saturated carbocycles.